The van der Waals surface area contributed by atoms with E-state index in [1.807, 2.05) is 0 Å². The summed E-state index contributed by atoms with van der Waals surface area (Å²) in [5, 5.41) is 3.34. The van der Waals surface area contributed by atoms with Crippen LogP contribution in [0, 0.1) is 5.92 Å². The minimum Gasteiger partial charge on any atom is -0.340 e. The molecule has 0 aromatic carbocycles. The molecule has 3 rings (SSSR count). The summed E-state index contributed by atoms with van der Waals surface area (Å²) in [6.45, 7) is 6.06. The smallest absolute Gasteiger partial charge is 0.227 e. The first-order chi connectivity index (χ1) is 8.84. The molecule has 2 heterocycles. The highest BCUT2D eigenvalue weighted by atomic mass is 35.5. The number of hydrogen-bond acceptors (Lipinski definition) is 3. The van der Waals surface area contributed by atoms with Gasteiger partial charge in [-0.25, -0.2) is 0 Å². The van der Waals surface area contributed by atoms with Gasteiger partial charge >= 0.3 is 0 Å². The lowest BCUT2D eigenvalue weighted by Gasteiger charge is -2.43. The third kappa shape index (κ3) is 4.00. The van der Waals surface area contributed by atoms with Crippen molar-refractivity contribution in [1.82, 2.24) is 15.1 Å². The number of hydrogen-bond donors (Lipinski definition) is 1. The molecule has 1 amide bonds. The van der Waals surface area contributed by atoms with E-state index in [0.717, 1.165) is 58.2 Å². The van der Waals surface area contributed by atoms with Crippen LogP contribution in [-0.2, 0) is 4.79 Å². The van der Waals surface area contributed by atoms with Crippen molar-refractivity contribution in [2.45, 2.75) is 38.1 Å². The van der Waals surface area contributed by atoms with Gasteiger partial charge in [0.2, 0.25) is 5.91 Å². The van der Waals surface area contributed by atoms with Crippen molar-refractivity contribution >= 4 is 30.7 Å². The second kappa shape index (κ2) is 8.42. The van der Waals surface area contributed by atoms with Crippen molar-refractivity contribution in [3.05, 3.63) is 0 Å². The van der Waals surface area contributed by atoms with Gasteiger partial charge in [0.25, 0.3) is 0 Å². The zero-order valence-electron chi connectivity index (χ0n) is 12.1. The van der Waals surface area contributed by atoms with Gasteiger partial charge < -0.3 is 10.2 Å². The first-order valence-corrected chi connectivity index (χ1v) is 7.58. The van der Waals surface area contributed by atoms with E-state index < -0.39 is 0 Å². The van der Waals surface area contributed by atoms with Gasteiger partial charge in [-0.15, -0.1) is 24.8 Å². The number of amides is 1. The molecular formula is C14H27Cl2N3O. The summed E-state index contributed by atoms with van der Waals surface area (Å²) in [6.07, 6.45) is 6.38. The fraction of sp³-hybridized carbons (Fsp3) is 0.929. The van der Waals surface area contributed by atoms with Crippen LogP contribution in [0.1, 0.15) is 32.1 Å². The zero-order valence-corrected chi connectivity index (χ0v) is 13.7. The standard InChI is InChI=1S/C14H25N3O.2ClH/c18-14(12-3-2-6-15-11-12)17-9-7-16(8-10-17)13-4-1-5-13;;/h12-13,15H,1-11H2;2*1H. The van der Waals surface area contributed by atoms with Crippen LogP contribution in [0.2, 0.25) is 0 Å². The molecule has 6 heteroatoms. The Morgan fingerprint density at radius 1 is 0.950 bits per heavy atom. The number of nitrogens with one attached hydrogen (secondary N) is 1. The van der Waals surface area contributed by atoms with Gasteiger partial charge in [0.05, 0.1) is 5.92 Å². The number of carbonyl (C=O) groups excluding carboxylic acids is 1. The van der Waals surface area contributed by atoms with E-state index in [1.165, 1.54) is 19.3 Å². The Kier molecular flexibility index (Phi) is 7.59. The van der Waals surface area contributed by atoms with Crippen LogP contribution < -0.4 is 5.32 Å². The maximum atomic E-state index is 12.4. The SMILES string of the molecule is Cl.Cl.O=C(C1CCCNC1)N1CCN(C2CCC2)CC1. The Labute approximate surface area is 134 Å². The van der Waals surface area contributed by atoms with E-state index in [0.29, 0.717) is 5.91 Å². The van der Waals surface area contributed by atoms with Crippen molar-refractivity contribution in [2.75, 3.05) is 39.3 Å². The van der Waals surface area contributed by atoms with E-state index >= 15 is 0 Å². The van der Waals surface area contributed by atoms with Gasteiger partial charge in [-0.3, -0.25) is 9.69 Å². The summed E-state index contributed by atoms with van der Waals surface area (Å²) in [6, 6.07) is 0.832. The van der Waals surface area contributed by atoms with Crippen LogP contribution in [0.15, 0.2) is 0 Å². The van der Waals surface area contributed by atoms with E-state index in [-0.39, 0.29) is 30.7 Å². The molecule has 0 aromatic rings. The molecule has 1 saturated carbocycles. The minimum absolute atomic E-state index is 0. The first-order valence-electron chi connectivity index (χ1n) is 7.58. The molecule has 118 valence electrons. The molecule has 4 nitrogen and oxygen atoms in total. The summed E-state index contributed by atoms with van der Waals surface area (Å²) in [5.74, 6) is 0.643. The van der Waals surface area contributed by atoms with Gasteiger partial charge in [-0.2, -0.15) is 0 Å². The van der Waals surface area contributed by atoms with Crippen molar-refractivity contribution in [1.29, 1.82) is 0 Å². The highest BCUT2D eigenvalue weighted by Crippen LogP contribution is 2.26. The van der Waals surface area contributed by atoms with Crippen molar-refractivity contribution in [3.63, 3.8) is 0 Å². The molecule has 1 N–H and O–H groups in total. The average Bonchev–Trinajstić information content (AvgIpc) is 2.38. The van der Waals surface area contributed by atoms with Crippen LogP contribution in [0.25, 0.3) is 0 Å². The molecule has 2 saturated heterocycles. The predicted molar refractivity (Wildman–Crippen MR) is 85.9 cm³/mol. The summed E-state index contributed by atoms with van der Waals surface area (Å²) in [5.41, 5.74) is 0. The number of rotatable bonds is 2. The van der Waals surface area contributed by atoms with E-state index in [9.17, 15) is 4.79 Å². The predicted octanol–water partition coefficient (Wildman–Crippen LogP) is 1.53. The highest BCUT2D eigenvalue weighted by molar-refractivity contribution is 5.85. The van der Waals surface area contributed by atoms with Gasteiger partial charge in [0.1, 0.15) is 0 Å². The maximum Gasteiger partial charge on any atom is 0.227 e. The Bertz CT molecular complexity index is 299. The number of piperidine rings is 1. The number of piperazine rings is 1. The summed E-state index contributed by atoms with van der Waals surface area (Å²) in [7, 11) is 0. The molecule has 0 spiro atoms. The number of nitrogens with zero attached hydrogens (tertiary/aromatic N) is 2. The van der Waals surface area contributed by atoms with Crippen LogP contribution in [0.3, 0.4) is 0 Å². The lowest BCUT2D eigenvalue weighted by Crippen LogP contribution is -2.55. The fourth-order valence-corrected chi connectivity index (χ4v) is 3.38. The van der Waals surface area contributed by atoms with Crippen molar-refractivity contribution < 1.29 is 4.79 Å². The van der Waals surface area contributed by atoms with E-state index in [4.69, 9.17) is 0 Å². The summed E-state index contributed by atoms with van der Waals surface area (Å²) >= 11 is 0. The molecule has 20 heavy (non-hydrogen) atoms. The third-order valence-electron chi connectivity index (χ3n) is 4.86. The minimum atomic E-state index is 0. The van der Waals surface area contributed by atoms with Crippen LogP contribution in [0.5, 0.6) is 0 Å². The Balaban J connectivity index is 0.000001000. The van der Waals surface area contributed by atoms with Gasteiger partial charge in [-0.1, -0.05) is 6.42 Å². The summed E-state index contributed by atoms with van der Waals surface area (Å²) in [4.78, 5) is 17.1. The Morgan fingerprint density at radius 2 is 1.65 bits per heavy atom. The molecule has 1 atom stereocenters. The molecule has 1 unspecified atom stereocenters. The topological polar surface area (TPSA) is 35.6 Å². The molecule has 0 aromatic heterocycles. The van der Waals surface area contributed by atoms with Crippen molar-refractivity contribution in [3.8, 4) is 0 Å². The molecule has 3 fully saturated rings. The molecule has 3 aliphatic rings. The van der Waals surface area contributed by atoms with Crippen LogP contribution >= 0.6 is 24.8 Å². The highest BCUT2D eigenvalue weighted by Gasteiger charge is 2.31. The molecule has 2 aliphatic heterocycles. The quantitative estimate of drug-likeness (QED) is 0.837. The van der Waals surface area contributed by atoms with Gasteiger partial charge in [0.15, 0.2) is 0 Å². The van der Waals surface area contributed by atoms with Crippen molar-refractivity contribution in [2.24, 2.45) is 5.92 Å². The number of halogens is 2. The fourth-order valence-electron chi connectivity index (χ4n) is 3.38. The second-order valence-electron chi connectivity index (χ2n) is 5.99. The van der Waals surface area contributed by atoms with Crippen LogP contribution in [0.4, 0.5) is 0 Å². The Morgan fingerprint density at radius 3 is 2.15 bits per heavy atom. The zero-order chi connectivity index (χ0) is 12.4. The van der Waals surface area contributed by atoms with Crippen LogP contribution in [-0.4, -0.2) is 61.0 Å². The third-order valence-corrected chi connectivity index (χ3v) is 4.86. The molecule has 1 aliphatic carbocycles. The maximum absolute atomic E-state index is 12.4. The first kappa shape index (κ1) is 18.0. The number of carbonyl (C=O) groups is 1. The lowest BCUT2D eigenvalue weighted by molar-refractivity contribution is -0.138. The van der Waals surface area contributed by atoms with Gasteiger partial charge in [-0.05, 0) is 32.2 Å². The largest absolute Gasteiger partial charge is 0.340 e. The average molecular weight is 324 g/mol. The Hall–Kier alpha value is -0.0300. The molecular weight excluding hydrogens is 297 g/mol. The van der Waals surface area contributed by atoms with E-state index in [1.54, 1.807) is 0 Å². The summed E-state index contributed by atoms with van der Waals surface area (Å²) < 4.78 is 0. The normalized spacial score (nSPS) is 28.0. The molecule has 0 bridgehead atoms. The van der Waals surface area contributed by atoms with E-state index in [2.05, 4.69) is 15.1 Å². The second-order valence-corrected chi connectivity index (χ2v) is 5.99. The van der Waals surface area contributed by atoms with Gasteiger partial charge in [0, 0.05) is 38.8 Å². The monoisotopic (exact) mass is 323 g/mol. The lowest BCUT2D eigenvalue weighted by atomic mass is 9.91. The molecule has 0 radical (unpaired) electrons.